The number of nitriles is 3. The topological polar surface area (TPSA) is 81.2 Å². The molecular weight excluding hydrogens is 623 g/mol. The summed E-state index contributed by atoms with van der Waals surface area (Å²) in [6.45, 7) is 0. The monoisotopic (exact) mass is 649 g/mol. The van der Waals surface area contributed by atoms with Crippen LogP contribution in [-0.2, 0) is 0 Å². The molecule has 0 N–H and O–H groups in total. The molecule has 1 aliphatic rings. The molecule has 2 heterocycles. The van der Waals surface area contributed by atoms with E-state index in [1.54, 1.807) is 6.07 Å². The molecule has 0 bridgehead atoms. The highest BCUT2D eigenvalue weighted by Crippen LogP contribution is 2.42. The van der Waals surface area contributed by atoms with Crippen molar-refractivity contribution in [3.63, 3.8) is 0 Å². The minimum atomic E-state index is 0.429. The maximum Gasteiger partial charge on any atom is 0.0998 e. The summed E-state index contributed by atoms with van der Waals surface area (Å²) in [7, 11) is 0. The van der Waals surface area contributed by atoms with E-state index in [0.717, 1.165) is 66.5 Å². The molecule has 0 saturated carbocycles. The van der Waals surface area contributed by atoms with Crippen LogP contribution in [0.3, 0.4) is 0 Å². The van der Waals surface area contributed by atoms with E-state index in [0.29, 0.717) is 23.1 Å². The van der Waals surface area contributed by atoms with Gasteiger partial charge in [0, 0.05) is 38.4 Å². The molecule has 8 aromatic rings. The van der Waals surface area contributed by atoms with Crippen molar-refractivity contribution in [2.45, 2.75) is 6.42 Å². The molecule has 236 valence electrons. The molecule has 6 aromatic carbocycles. The quantitative estimate of drug-likeness (QED) is 0.190. The Hall–Kier alpha value is -7.39. The van der Waals surface area contributed by atoms with Crippen LogP contribution in [0.25, 0.3) is 71.7 Å². The number of fused-ring (bicyclic) bond motifs is 6. The lowest BCUT2D eigenvalue weighted by molar-refractivity contribution is 1.18. The van der Waals surface area contributed by atoms with Crippen molar-refractivity contribution in [2.24, 2.45) is 0 Å². The van der Waals surface area contributed by atoms with E-state index in [2.05, 4.69) is 118 Å². The van der Waals surface area contributed by atoms with Crippen molar-refractivity contribution in [3.8, 4) is 35.0 Å². The first-order chi connectivity index (χ1) is 25.2. The minimum Gasteiger partial charge on any atom is -0.310 e. The first-order valence-corrected chi connectivity index (χ1v) is 16.8. The zero-order chi connectivity index (χ0) is 34.5. The normalized spacial score (nSPS) is 12.7. The Bertz CT molecular complexity index is 2930. The van der Waals surface area contributed by atoms with Gasteiger partial charge < -0.3 is 9.13 Å². The van der Waals surface area contributed by atoms with Crippen LogP contribution in [0, 0.1) is 34.0 Å². The molecule has 0 saturated heterocycles. The van der Waals surface area contributed by atoms with Gasteiger partial charge in [0.05, 0.1) is 62.7 Å². The van der Waals surface area contributed by atoms with Crippen LogP contribution >= 0.6 is 0 Å². The fraction of sp³-hybridized carbons (Fsp3) is 0.0217. The van der Waals surface area contributed by atoms with Crippen LogP contribution in [0.5, 0.6) is 0 Å². The summed E-state index contributed by atoms with van der Waals surface area (Å²) in [5.41, 5.74) is 11.0. The molecule has 51 heavy (non-hydrogen) atoms. The first-order valence-electron chi connectivity index (χ1n) is 16.8. The second-order valence-corrected chi connectivity index (χ2v) is 12.6. The number of aromatic nitrogens is 2. The van der Waals surface area contributed by atoms with Crippen molar-refractivity contribution in [1.82, 2.24) is 9.13 Å². The number of hydrogen-bond acceptors (Lipinski definition) is 3. The summed E-state index contributed by atoms with van der Waals surface area (Å²) in [6.07, 6.45) is 9.30. The van der Waals surface area contributed by atoms with E-state index in [4.69, 9.17) is 0 Å². The van der Waals surface area contributed by atoms with Crippen LogP contribution in [0.4, 0.5) is 0 Å². The predicted molar refractivity (Wildman–Crippen MR) is 206 cm³/mol. The molecule has 0 radical (unpaired) electrons. The van der Waals surface area contributed by atoms with E-state index in [1.807, 2.05) is 54.6 Å². The number of hydrogen-bond donors (Lipinski definition) is 0. The number of benzene rings is 6. The van der Waals surface area contributed by atoms with Gasteiger partial charge in [-0.2, -0.15) is 15.8 Å². The SMILES string of the molecule is N#Cc1cc(C#N)c(-c2ccccc2-n2c3ccccc3c3cc(C#N)ccc32)c(C2=CCC=C(n3c4ccccc4c4ccccc43)C=C2)c1. The molecule has 9 rings (SSSR count). The van der Waals surface area contributed by atoms with Gasteiger partial charge >= 0.3 is 0 Å². The van der Waals surface area contributed by atoms with Gasteiger partial charge in [0.2, 0.25) is 0 Å². The van der Waals surface area contributed by atoms with Gasteiger partial charge in [-0.1, -0.05) is 91.0 Å². The van der Waals surface area contributed by atoms with E-state index in [9.17, 15) is 15.8 Å². The van der Waals surface area contributed by atoms with Gasteiger partial charge in [-0.15, -0.1) is 0 Å². The zero-order valence-corrected chi connectivity index (χ0v) is 27.4. The Morgan fingerprint density at radius 3 is 1.76 bits per heavy atom. The van der Waals surface area contributed by atoms with Crippen LogP contribution in [0.1, 0.15) is 28.7 Å². The van der Waals surface area contributed by atoms with Crippen molar-refractivity contribution >= 4 is 54.9 Å². The highest BCUT2D eigenvalue weighted by atomic mass is 15.0. The maximum absolute atomic E-state index is 10.6. The lowest BCUT2D eigenvalue weighted by atomic mass is 9.87. The lowest BCUT2D eigenvalue weighted by Gasteiger charge is -2.19. The summed E-state index contributed by atoms with van der Waals surface area (Å²) in [4.78, 5) is 0. The molecule has 0 amide bonds. The Morgan fingerprint density at radius 1 is 0.471 bits per heavy atom. The molecule has 0 fully saturated rings. The van der Waals surface area contributed by atoms with Gasteiger partial charge in [-0.05, 0) is 78.2 Å². The summed E-state index contributed by atoms with van der Waals surface area (Å²) in [6, 6.07) is 49.6. The number of para-hydroxylation sites is 4. The fourth-order valence-electron chi connectivity index (χ4n) is 7.68. The van der Waals surface area contributed by atoms with Gasteiger partial charge in [0.1, 0.15) is 0 Å². The van der Waals surface area contributed by atoms with E-state index in [-0.39, 0.29) is 0 Å². The van der Waals surface area contributed by atoms with Gasteiger partial charge in [0.25, 0.3) is 0 Å². The molecule has 5 heteroatoms. The highest BCUT2D eigenvalue weighted by Gasteiger charge is 2.22. The lowest BCUT2D eigenvalue weighted by Crippen LogP contribution is -2.01. The van der Waals surface area contributed by atoms with Crippen LogP contribution in [0.2, 0.25) is 0 Å². The molecule has 0 spiro atoms. The molecule has 0 aliphatic heterocycles. The minimum absolute atomic E-state index is 0.429. The predicted octanol–water partition coefficient (Wildman–Crippen LogP) is 11.1. The molecule has 0 unspecified atom stereocenters. The third-order valence-corrected chi connectivity index (χ3v) is 9.85. The Kier molecular flexibility index (Phi) is 6.96. The fourth-order valence-corrected chi connectivity index (χ4v) is 7.68. The van der Waals surface area contributed by atoms with Crippen molar-refractivity contribution < 1.29 is 0 Å². The second kappa shape index (κ2) is 11.9. The van der Waals surface area contributed by atoms with Crippen LogP contribution in [0.15, 0.2) is 152 Å². The Balaban J connectivity index is 1.25. The smallest absolute Gasteiger partial charge is 0.0998 e. The molecule has 0 atom stereocenters. The molecule has 1 aliphatic carbocycles. The summed E-state index contributed by atoms with van der Waals surface area (Å²) in [5, 5.41) is 34.9. The average molecular weight is 650 g/mol. The number of rotatable bonds is 4. The van der Waals surface area contributed by atoms with Gasteiger partial charge in [-0.25, -0.2) is 0 Å². The van der Waals surface area contributed by atoms with Crippen molar-refractivity contribution in [1.29, 1.82) is 15.8 Å². The highest BCUT2D eigenvalue weighted by molar-refractivity contribution is 6.11. The second-order valence-electron chi connectivity index (χ2n) is 12.6. The standard InChI is InChI=1S/C46H27N5/c47-27-30-20-23-45-40(25-30)37-14-3-7-18-43(37)51(45)44-19-8-4-15-38(44)46-33(29-49)24-31(28-48)26-39(46)32-10-9-11-34(22-21-32)50-41-16-5-1-12-35(41)36-13-2-6-17-42(36)50/h1-8,10-26H,9H2. The van der Waals surface area contributed by atoms with Crippen molar-refractivity contribution in [3.05, 3.63) is 174 Å². The summed E-state index contributed by atoms with van der Waals surface area (Å²) >= 11 is 0. The molecule has 2 aromatic heterocycles. The van der Waals surface area contributed by atoms with Gasteiger partial charge in [0.15, 0.2) is 0 Å². The third-order valence-electron chi connectivity index (χ3n) is 9.85. The third kappa shape index (κ3) is 4.67. The van der Waals surface area contributed by atoms with E-state index < -0.39 is 0 Å². The maximum atomic E-state index is 10.6. The number of nitrogens with zero attached hydrogens (tertiary/aromatic N) is 5. The molecule has 5 nitrogen and oxygen atoms in total. The first kappa shape index (κ1) is 29.7. The summed E-state index contributed by atoms with van der Waals surface area (Å²) < 4.78 is 4.52. The van der Waals surface area contributed by atoms with Crippen LogP contribution < -0.4 is 0 Å². The largest absolute Gasteiger partial charge is 0.310 e. The Morgan fingerprint density at radius 2 is 1.08 bits per heavy atom. The summed E-state index contributed by atoms with van der Waals surface area (Å²) in [5.74, 6) is 0. The average Bonchev–Trinajstić information content (AvgIpc) is 3.58. The van der Waals surface area contributed by atoms with Crippen LogP contribution in [-0.4, -0.2) is 9.13 Å². The Labute approximate surface area is 294 Å². The van der Waals surface area contributed by atoms with Gasteiger partial charge in [-0.3, -0.25) is 0 Å². The van der Waals surface area contributed by atoms with Crippen molar-refractivity contribution in [2.75, 3.05) is 0 Å². The van der Waals surface area contributed by atoms with E-state index in [1.165, 1.54) is 10.8 Å². The zero-order valence-electron chi connectivity index (χ0n) is 27.4. The molecular formula is C46H27N5. The number of allylic oxidation sites excluding steroid dienone is 6. The van der Waals surface area contributed by atoms with E-state index >= 15 is 0 Å².